The van der Waals surface area contributed by atoms with Gasteiger partial charge in [0.2, 0.25) is 5.91 Å². The number of hydrogen-bond donors (Lipinski definition) is 2. The third-order valence-corrected chi connectivity index (χ3v) is 3.43. The van der Waals surface area contributed by atoms with Gasteiger partial charge in [-0.1, -0.05) is 24.3 Å². The Kier molecular flexibility index (Phi) is 4.60. The minimum absolute atomic E-state index is 0.131. The summed E-state index contributed by atoms with van der Waals surface area (Å²) in [7, 11) is 1.73. The third-order valence-electron chi connectivity index (χ3n) is 3.43. The Balaban J connectivity index is 2.06. The van der Waals surface area contributed by atoms with E-state index in [9.17, 15) is 9.90 Å². The lowest BCUT2D eigenvalue weighted by Gasteiger charge is -2.22. The first-order chi connectivity index (χ1) is 9.97. The van der Waals surface area contributed by atoms with Gasteiger partial charge >= 0.3 is 0 Å². The minimum Gasteiger partial charge on any atom is -0.508 e. The van der Waals surface area contributed by atoms with Crippen molar-refractivity contribution in [1.82, 2.24) is 0 Å². The number of phenolic OH excluding ortho intramolecular Hbond substituents is 1. The first kappa shape index (κ1) is 15.1. The van der Waals surface area contributed by atoms with Gasteiger partial charge in [0, 0.05) is 12.7 Å². The van der Waals surface area contributed by atoms with Crippen LogP contribution in [0.25, 0.3) is 0 Å². The fourth-order valence-corrected chi connectivity index (χ4v) is 2.19. The summed E-state index contributed by atoms with van der Waals surface area (Å²) in [5.41, 5.74) is 8.86. The molecule has 0 aliphatic carbocycles. The number of hydrogen-bond acceptors (Lipinski definition) is 3. The number of likely N-dealkylation sites (N-methyl/N-ethyl adjacent to an activating group) is 1. The Morgan fingerprint density at radius 1 is 1.24 bits per heavy atom. The van der Waals surface area contributed by atoms with E-state index in [0.29, 0.717) is 6.42 Å². The zero-order valence-electron chi connectivity index (χ0n) is 12.3. The quantitative estimate of drug-likeness (QED) is 0.904. The van der Waals surface area contributed by atoms with Crippen LogP contribution in [0.2, 0.25) is 0 Å². The van der Waals surface area contributed by atoms with Crippen molar-refractivity contribution in [2.75, 3.05) is 11.9 Å². The SMILES string of the molecule is Cc1cccc(N(C)C(=O)C(N)Cc2ccc(O)cc2)c1. The van der Waals surface area contributed by atoms with E-state index < -0.39 is 6.04 Å². The Bertz CT molecular complexity index is 623. The second-order valence-corrected chi connectivity index (χ2v) is 5.21. The van der Waals surface area contributed by atoms with Crippen LogP contribution < -0.4 is 10.6 Å². The summed E-state index contributed by atoms with van der Waals surface area (Å²) in [4.78, 5) is 14.0. The van der Waals surface area contributed by atoms with Crippen molar-refractivity contribution in [3.63, 3.8) is 0 Å². The molecular formula is C17H20N2O2. The molecule has 2 aromatic carbocycles. The van der Waals surface area contributed by atoms with Gasteiger partial charge in [-0.15, -0.1) is 0 Å². The molecule has 1 atom stereocenters. The number of benzene rings is 2. The molecule has 3 N–H and O–H groups in total. The van der Waals surface area contributed by atoms with Crippen molar-refractivity contribution < 1.29 is 9.90 Å². The molecule has 4 heteroatoms. The van der Waals surface area contributed by atoms with Crippen LogP contribution in [0.5, 0.6) is 5.75 Å². The molecule has 0 radical (unpaired) electrons. The fraction of sp³-hybridized carbons (Fsp3) is 0.235. The van der Waals surface area contributed by atoms with Gasteiger partial charge in [0.25, 0.3) is 0 Å². The lowest BCUT2D eigenvalue weighted by molar-refractivity contribution is -0.119. The molecule has 1 unspecified atom stereocenters. The molecule has 2 aromatic rings. The number of aryl methyl sites for hydroxylation is 1. The van der Waals surface area contributed by atoms with E-state index in [-0.39, 0.29) is 11.7 Å². The molecule has 21 heavy (non-hydrogen) atoms. The molecule has 0 aliphatic rings. The Hall–Kier alpha value is -2.33. The Labute approximate surface area is 124 Å². The zero-order chi connectivity index (χ0) is 15.4. The van der Waals surface area contributed by atoms with E-state index in [1.165, 1.54) is 0 Å². The molecule has 0 fully saturated rings. The van der Waals surface area contributed by atoms with E-state index in [4.69, 9.17) is 5.73 Å². The summed E-state index contributed by atoms with van der Waals surface area (Å²) in [5, 5.41) is 9.26. The summed E-state index contributed by atoms with van der Waals surface area (Å²) in [6.07, 6.45) is 0.440. The van der Waals surface area contributed by atoms with Crippen molar-refractivity contribution in [3.05, 3.63) is 59.7 Å². The fourth-order valence-electron chi connectivity index (χ4n) is 2.19. The number of amides is 1. The summed E-state index contributed by atoms with van der Waals surface area (Å²) < 4.78 is 0. The Morgan fingerprint density at radius 3 is 2.52 bits per heavy atom. The van der Waals surface area contributed by atoms with Gasteiger partial charge in [-0.2, -0.15) is 0 Å². The molecule has 0 saturated heterocycles. The van der Waals surface area contributed by atoms with Gasteiger partial charge in [0.05, 0.1) is 6.04 Å². The monoisotopic (exact) mass is 284 g/mol. The summed E-state index contributed by atoms with van der Waals surface area (Å²) in [5.74, 6) is 0.0733. The number of nitrogens with two attached hydrogens (primary N) is 1. The van der Waals surface area contributed by atoms with Crippen LogP contribution in [0.1, 0.15) is 11.1 Å². The van der Waals surface area contributed by atoms with Gasteiger partial charge in [-0.05, 0) is 48.7 Å². The highest BCUT2D eigenvalue weighted by molar-refractivity contribution is 5.96. The van der Waals surface area contributed by atoms with Gasteiger partial charge in [0.1, 0.15) is 5.75 Å². The van der Waals surface area contributed by atoms with Crippen LogP contribution in [-0.4, -0.2) is 24.1 Å². The van der Waals surface area contributed by atoms with Gasteiger partial charge in [-0.3, -0.25) is 4.79 Å². The second-order valence-electron chi connectivity index (χ2n) is 5.21. The van der Waals surface area contributed by atoms with Crippen molar-refractivity contribution >= 4 is 11.6 Å². The molecule has 1 amide bonds. The summed E-state index contributed by atoms with van der Waals surface area (Å²) >= 11 is 0. The number of phenols is 1. The number of anilines is 1. The topological polar surface area (TPSA) is 66.6 Å². The molecule has 0 heterocycles. The second kappa shape index (κ2) is 6.41. The van der Waals surface area contributed by atoms with Gasteiger partial charge in [0.15, 0.2) is 0 Å². The van der Waals surface area contributed by atoms with Crippen molar-refractivity contribution in [2.24, 2.45) is 5.73 Å². The summed E-state index contributed by atoms with van der Waals surface area (Å²) in [6, 6.07) is 13.9. The first-order valence-electron chi connectivity index (χ1n) is 6.85. The molecule has 2 rings (SSSR count). The van der Waals surface area contributed by atoms with Crippen LogP contribution in [0.4, 0.5) is 5.69 Å². The van der Waals surface area contributed by atoms with E-state index in [1.54, 1.807) is 36.2 Å². The van der Waals surface area contributed by atoms with E-state index in [0.717, 1.165) is 16.8 Å². The van der Waals surface area contributed by atoms with Crippen molar-refractivity contribution in [3.8, 4) is 5.75 Å². The van der Waals surface area contributed by atoms with Crippen LogP contribution in [0.15, 0.2) is 48.5 Å². The molecule has 0 saturated carbocycles. The van der Waals surface area contributed by atoms with Crippen molar-refractivity contribution in [1.29, 1.82) is 0 Å². The minimum atomic E-state index is -0.611. The average molecular weight is 284 g/mol. The zero-order valence-corrected chi connectivity index (χ0v) is 12.3. The molecule has 110 valence electrons. The molecule has 0 aromatic heterocycles. The molecule has 0 bridgehead atoms. The first-order valence-corrected chi connectivity index (χ1v) is 6.85. The van der Waals surface area contributed by atoms with E-state index >= 15 is 0 Å². The molecule has 0 aliphatic heterocycles. The number of nitrogens with zero attached hydrogens (tertiary/aromatic N) is 1. The van der Waals surface area contributed by atoms with E-state index in [2.05, 4.69) is 0 Å². The highest BCUT2D eigenvalue weighted by atomic mass is 16.3. The summed E-state index contributed by atoms with van der Waals surface area (Å²) in [6.45, 7) is 1.98. The standard InChI is InChI=1S/C17H20N2O2/c1-12-4-3-5-14(10-12)19(2)17(21)16(18)11-13-6-8-15(20)9-7-13/h3-10,16,20H,11,18H2,1-2H3. The number of carbonyl (C=O) groups is 1. The lowest BCUT2D eigenvalue weighted by atomic mass is 10.1. The van der Waals surface area contributed by atoms with Gasteiger partial charge in [-0.25, -0.2) is 0 Å². The normalized spacial score (nSPS) is 12.0. The van der Waals surface area contributed by atoms with Crippen LogP contribution in [-0.2, 0) is 11.2 Å². The maximum Gasteiger partial charge on any atom is 0.243 e. The lowest BCUT2D eigenvalue weighted by Crippen LogP contribution is -2.43. The predicted octanol–water partition coefficient (Wildman–Crippen LogP) is 2.23. The number of rotatable bonds is 4. The molecular weight excluding hydrogens is 264 g/mol. The highest BCUT2D eigenvalue weighted by Crippen LogP contribution is 2.16. The van der Waals surface area contributed by atoms with Crippen LogP contribution >= 0.6 is 0 Å². The Morgan fingerprint density at radius 2 is 1.90 bits per heavy atom. The average Bonchev–Trinajstić information content (AvgIpc) is 2.48. The number of carbonyl (C=O) groups excluding carboxylic acids is 1. The smallest absolute Gasteiger partial charge is 0.243 e. The third kappa shape index (κ3) is 3.83. The van der Waals surface area contributed by atoms with Gasteiger partial charge < -0.3 is 15.7 Å². The maximum absolute atomic E-state index is 12.4. The predicted molar refractivity (Wildman–Crippen MR) is 84.4 cm³/mol. The largest absolute Gasteiger partial charge is 0.508 e. The maximum atomic E-state index is 12.4. The van der Waals surface area contributed by atoms with Crippen LogP contribution in [0.3, 0.4) is 0 Å². The molecule has 4 nitrogen and oxygen atoms in total. The van der Waals surface area contributed by atoms with Crippen molar-refractivity contribution in [2.45, 2.75) is 19.4 Å². The number of aromatic hydroxyl groups is 1. The van der Waals surface area contributed by atoms with E-state index in [1.807, 2.05) is 31.2 Å². The molecule has 0 spiro atoms. The highest BCUT2D eigenvalue weighted by Gasteiger charge is 2.19. The van der Waals surface area contributed by atoms with Crippen LogP contribution in [0, 0.1) is 6.92 Å².